The molecule has 0 heterocycles. The molecule has 0 bridgehead atoms. The van der Waals surface area contributed by atoms with E-state index in [2.05, 4.69) is 20.4 Å². The van der Waals surface area contributed by atoms with Crippen LogP contribution >= 0.6 is 0 Å². The first-order chi connectivity index (χ1) is 7.13. The molecule has 0 saturated heterocycles. The fourth-order valence-electron chi connectivity index (χ4n) is 2.74. The van der Waals surface area contributed by atoms with Gasteiger partial charge in [0.1, 0.15) is 0 Å². The van der Waals surface area contributed by atoms with Crippen LogP contribution in [0.2, 0.25) is 0 Å². The summed E-state index contributed by atoms with van der Waals surface area (Å²) >= 11 is 0. The first kappa shape index (κ1) is 12.8. The van der Waals surface area contributed by atoms with E-state index in [4.69, 9.17) is 5.73 Å². The molecule has 1 aliphatic rings. The molecule has 0 aromatic rings. The molecule has 2 N–H and O–H groups in total. The monoisotopic (exact) mass is 209 g/mol. The fourth-order valence-corrected chi connectivity index (χ4v) is 2.74. The highest BCUT2D eigenvalue weighted by Gasteiger charge is 2.25. The Balaban J connectivity index is 2.31. The van der Waals surface area contributed by atoms with Gasteiger partial charge in [0.15, 0.2) is 0 Å². The van der Waals surface area contributed by atoms with E-state index in [9.17, 15) is 0 Å². The Labute approximate surface area is 95.1 Å². The summed E-state index contributed by atoms with van der Waals surface area (Å²) in [4.78, 5) is 0. The highest BCUT2D eigenvalue weighted by atomic mass is 14.6. The molecule has 15 heavy (non-hydrogen) atoms. The molecule has 1 heteroatoms. The predicted molar refractivity (Wildman–Crippen MR) is 67.8 cm³/mol. The maximum Gasteiger partial charge on any atom is 0.00703 e. The van der Waals surface area contributed by atoms with Crippen molar-refractivity contribution >= 4 is 0 Å². The molecule has 0 aromatic carbocycles. The van der Waals surface area contributed by atoms with Gasteiger partial charge in [-0.05, 0) is 44.4 Å². The van der Waals surface area contributed by atoms with Crippen LogP contribution in [-0.2, 0) is 0 Å². The third-order valence-electron chi connectivity index (χ3n) is 3.91. The van der Waals surface area contributed by atoms with Gasteiger partial charge in [-0.15, -0.1) is 6.58 Å². The van der Waals surface area contributed by atoms with E-state index in [1.54, 1.807) is 0 Å². The summed E-state index contributed by atoms with van der Waals surface area (Å²) in [5.74, 6) is 1.72. The molecule has 0 aliphatic heterocycles. The van der Waals surface area contributed by atoms with Crippen molar-refractivity contribution in [3.05, 3.63) is 12.2 Å². The minimum absolute atomic E-state index is 0.413. The molecule has 3 atom stereocenters. The zero-order chi connectivity index (χ0) is 11.3. The number of nitrogens with two attached hydrogens (primary N) is 1. The average molecular weight is 209 g/mol. The first-order valence-corrected chi connectivity index (χ1v) is 6.53. The zero-order valence-corrected chi connectivity index (χ0v) is 10.5. The van der Waals surface area contributed by atoms with E-state index < -0.39 is 0 Å². The van der Waals surface area contributed by atoms with Crippen molar-refractivity contribution < 1.29 is 0 Å². The molecule has 1 nitrogen and oxygen atoms in total. The van der Waals surface area contributed by atoms with Gasteiger partial charge in [0.25, 0.3) is 0 Å². The molecule has 1 aliphatic carbocycles. The van der Waals surface area contributed by atoms with E-state index in [-0.39, 0.29) is 0 Å². The summed E-state index contributed by atoms with van der Waals surface area (Å²) in [6.45, 7) is 8.36. The van der Waals surface area contributed by atoms with Crippen molar-refractivity contribution in [2.75, 3.05) is 0 Å². The highest BCUT2D eigenvalue weighted by molar-refractivity contribution is 4.90. The zero-order valence-electron chi connectivity index (χ0n) is 10.5. The normalized spacial score (nSPS) is 28.7. The largest absolute Gasteiger partial charge is 0.327 e. The summed E-state index contributed by atoms with van der Waals surface area (Å²) in [5.41, 5.74) is 7.54. The van der Waals surface area contributed by atoms with Gasteiger partial charge in [0.05, 0.1) is 0 Å². The minimum atomic E-state index is 0.413. The Kier molecular flexibility index (Phi) is 5.38. The number of allylic oxidation sites excluding steroid dienone is 1. The van der Waals surface area contributed by atoms with Gasteiger partial charge in [0, 0.05) is 6.04 Å². The summed E-state index contributed by atoms with van der Waals surface area (Å²) in [6.07, 6.45) is 9.13. The van der Waals surface area contributed by atoms with Crippen LogP contribution in [0.1, 0.15) is 58.8 Å². The minimum Gasteiger partial charge on any atom is -0.327 e. The summed E-state index contributed by atoms with van der Waals surface area (Å²) in [6, 6.07) is 0.413. The Bertz CT molecular complexity index is 198. The van der Waals surface area contributed by atoms with E-state index >= 15 is 0 Å². The Hall–Kier alpha value is -0.300. The number of rotatable bonds is 5. The van der Waals surface area contributed by atoms with Gasteiger partial charge >= 0.3 is 0 Å². The summed E-state index contributed by atoms with van der Waals surface area (Å²) in [7, 11) is 0. The molecule has 3 unspecified atom stereocenters. The van der Waals surface area contributed by atoms with Crippen LogP contribution in [0.25, 0.3) is 0 Å². The lowest BCUT2D eigenvalue weighted by Crippen LogP contribution is -2.33. The molecule has 0 radical (unpaired) electrons. The second-order valence-corrected chi connectivity index (χ2v) is 5.36. The topological polar surface area (TPSA) is 26.0 Å². The Morgan fingerprint density at radius 2 is 2.20 bits per heavy atom. The van der Waals surface area contributed by atoms with Crippen molar-refractivity contribution in [3.8, 4) is 0 Å². The lowest BCUT2D eigenvalue weighted by atomic mass is 9.76. The smallest absolute Gasteiger partial charge is 0.00703 e. The van der Waals surface area contributed by atoms with Crippen molar-refractivity contribution in [2.45, 2.75) is 64.8 Å². The van der Waals surface area contributed by atoms with Crippen molar-refractivity contribution in [2.24, 2.45) is 17.6 Å². The van der Waals surface area contributed by atoms with Gasteiger partial charge in [-0.3, -0.25) is 0 Å². The lowest BCUT2D eigenvalue weighted by molar-refractivity contribution is 0.224. The maximum absolute atomic E-state index is 6.27. The fraction of sp³-hybridized carbons (Fsp3) is 0.857. The third-order valence-corrected chi connectivity index (χ3v) is 3.91. The van der Waals surface area contributed by atoms with Gasteiger partial charge in [-0.25, -0.2) is 0 Å². The van der Waals surface area contributed by atoms with Crippen molar-refractivity contribution in [3.63, 3.8) is 0 Å². The molecule has 1 saturated carbocycles. The molecule has 0 amide bonds. The molecule has 1 rings (SSSR count). The first-order valence-electron chi connectivity index (χ1n) is 6.53. The SMILES string of the molecule is C=C(C)CCC(N)C1CCCC(CC)C1. The second kappa shape index (κ2) is 6.32. The van der Waals surface area contributed by atoms with Crippen LogP contribution in [0.15, 0.2) is 12.2 Å². The second-order valence-electron chi connectivity index (χ2n) is 5.36. The quantitative estimate of drug-likeness (QED) is 0.683. The van der Waals surface area contributed by atoms with E-state index in [0.717, 1.165) is 24.7 Å². The Morgan fingerprint density at radius 3 is 2.80 bits per heavy atom. The van der Waals surface area contributed by atoms with Crippen LogP contribution in [0, 0.1) is 11.8 Å². The molecule has 1 fully saturated rings. The van der Waals surface area contributed by atoms with Crippen molar-refractivity contribution in [1.82, 2.24) is 0 Å². The van der Waals surface area contributed by atoms with E-state index in [1.165, 1.54) is 37.7 Å². The number of hydrogen-bond acceptors (Lipinski definition) is 1. The number of hydrogen-bond donors (Lipinski definition) is 1. The van der Waals surface area contributed by atoms with Gasteiger partial charge in [-0.2, -0.15) is 0 Å². The summed E-state index contributed by atoms with van der Waals surface area (Å²) < 4.78 is 0. The molecular formula is C14H27N. The maximum atomic E-state index is 6.27. The van der Waals surface area contributed by atoms with Crippen LogP contribution in [-0.4, -0.2) is 6.04 Å². The van der Waals surface area contributed by atoms with Gasteiger partial charge < -0.3 is 5.73 Å². The van der Waals surface area contributed by atoms with Crippen LogP contribution in [0.3, 0.4) is 0 Å². The van der Waals surface area contributed by atoms with Crippen LogP contribution in [0.4, 0.5) is 0 Å². The molecule has 88 valence electrons. The highest BCUT2D eigenvalue weighted by Crippen LogP contribution is 2.33. The standard InChI is InChI=1S/C14H27N/c1-4-12-6-5-7-13(10-12)14(15)9-8-11(2)3/h12-14H,2,4-10,15H2,1,3H3. The van der Waals surface area contributed by atoms with E-state index in [0.29, 0.717) is 6.04 Å². The van der Waals surface area contributed by atoms with Crippen LogP contribution < -0.4 is 5.73 Å². The lowest BCUT2D eigenvalue weighted by Gasteiger charge is -2.32. The van der Waals surface area contributed by atoms with E-state index in [1.807, 2.05) is 0 Å². The van der Waals surface area contributed by atoms with Crippen LogP contribution in [0.5, 0.6) is 0 Å². The molecule has 0 aromatic heterocycles. The van der Waals surface area contributed by atoms with Gasteiger partial charge in [-0.1, -0.05) is 31.8 Å². The molecular weight excluding hydrogens is 182 g/mol. The average Bonchev–Trinajstić information content (AvgIpc) is 2.26. The summed E-state index contributed by atoms with van der Waals surface area (Å²) in [5, 5.41) is 0. The molecule has 0 spiro atoms. The predicted octanol–water partition coefficient (Wildman–Crippen LogP) is 3.89. The van der Waals surface area contributed by atoms with Gasteiger partial charge in [0.2, 0.25) is 0 Å². The third kappa shape index (κ3) is 4.38. The Morgan fingerprint density at radius 1 is 1.47 bits per heavy atom. The van der Waals surface area contributed by atoms with Crippen molar-refractivity contribution in [1.29, 1.82) is 0 Å².